The molecule has 9 nitrogen and oxygen atoms in total. The number of hydrogen-bond donors (Lipinski definition) is 1. The zero-order valence-electron chi connectivity index (χ0n) is 19.8. The van der Waals surface area contributed by atoms with Gasteiger partial charge in [0.25, 0.3) is 5.91 Å². The number of morpholine rings is 1. The second-order valence-electron chi connectivity index (χ2n) is 8.22. The fraction of sp³-hybridized carbons (Fsp3) is 0.308. The molecule has 2 aromatic heterocycles. The second-order valence-corrected chi connectivity index (χ2v) is 8.22. The maximum Gasteiger partial charge on any atom is 0.342 e. The highest BCUT2D eigenvalue weighted by molar-refractivity contribution is 5.98. The van der Waals surface area contributed by atoms with E-state index in [-0.39, 0.29) is 0 Å². The number of ether oxygens (including phenoxy) is 2. The summed E-state index contributed by atoms with van der Waals surface area (Å²) in [6.45, 7) is 6.09. The van der Waals surface area contributed by atoms with Crippen molar-refractivity contribution < 1.29 is 19.1 Å². The minimum absolute atomic E-state index is 0.291. The van der Waals surface area contributed by atoms with Crippen molar-refractivity contribution in [2.75, 3.05) is 43.1 Å². The van der Waals surface area contributed by atoms with Gasteiger partial charge in [0, 0.05) is 31.5 Å². The van der Waals surface area contributed by atoms with Crippen LogP contribution in [0.4, 0.5) is 11.6 Å². The Bertz CT molecular complexity index is 1260. The smallest absolute Gasteiger partial charge is 0.342 e. The lowest BCUT2D eigenvalue weighted by Crippen LogP contribution is -2.37. The predicted molar refractivity (Wildman–Crippen MR) is 130 cm³/mol. The Morgan fingerprint density at radius 2 is 1.89 bits per heavy atom. The van der Waals surface area contributed by atoms with Crippen molar-refractivity contribution in [2.45, 2.75) is 20.4 Å². The van der Waals surface area contributed by atoms with Gasteiger partial charge >= 0.3 is 5.97 Å². The average Bonchev–Trinajstić information content (AvgIpc) is 3.12. The first-order valence-corrected chi connectivity index (χ1v) is 11.4. The maximum atomic E-state index is 12.8. The summed E-state index contributed by atoms with van der Waals surface area (Å²) in [5.41, 5.74) is 3.38. The molecule has 0 aliphatic carbocycles. The van der Waals surface area contributed by atoms with Gasteiger partial charge < -0.3 is 24.3 Å². The van der Waals surface area contributed by atoms with E-state index < -0.39 is 18.5 Å². The van der Waals surface area contributed by atoms with Crippen LogP contribution in [0.1, 0.15) is 32.7 Å². The number of esters is 1. The number of nitrogens with zero attached hydrogens (tertiary/aromatic N) is 4. The number of amides is 1. The van der Waals surface area contributed by atoms with Crippen LogP contribution in [0.2, 0.25) is 0 Å². The summed E-state index contributed by atoms with van der Waals surface area (Å²) in [5, 5.41) is 12.5. The molecule has 4 rings (SSSR count). The first-order chi connectivity index (χ1) is 17.0. The molecule has 0 radical (unpaired) electrons. The number of rotatable bonds is 7. The number of nitrogens with one attached hydrogen (secondary N) is 1. The summed E-state index contributed by atoms with van der Waals surface area (Å²) in [5.74, 6) is -0.264. The quantitative estimate of drug-likeness (QED) is 0.525. The highest BCUT2D eigenvalue weighted by Gasteiger charge is 2.23. The molecule has 1 aromatic carbocycles. The molecule has 0 bridgehead atoms. The van der Waals surface area contributed by atoms with Crippen LogP contribution in [0.25, 0.3) is 0 Å². The summed E-state index contributed by atoms with van der Waals surface area (Å²) in [6.07, 6.45) is 1.61. The van der Waals surface area contributed by atoms with E-state index in [2.05, 4.69) is 16.4 Å². The largest absolute Gasteiger partial charge is 0.452 e. The molecule has 1 amide bonds. The molecule has 1 saturated heterocycles. The molecular weight excluding hydrogens is 446 g/mol. The fourth-order valence-electron chi connectivity index (χ4n) is 4.05. The molecule has 0 atom stereocenters. The van der Waals surface area contributed by atoms with Crippen molar-refractivity contribution in [3.05, 3.63) is 76.6 Å². The van der Waals surface area contributed by atoms with E-state index in [4.69, 9.17) is 9.47 Å². The Labute approximate surface area is 203 Å². The van der Waals surface area contributed by atoms with Gasteiger partial charge in [0.05, 0.1) is 18.8 Å². The summed E-state index contributed by atoms with van der Waals surface area (Å²) in [4.78, 5) is 31.9. The van der Waals surface area contributed by atoms with Crippen molar-refractivity contribution in [3.8, 4) is 6.07 Å². The summed E-state index contributed by atoms with van der Waals surface area (Å²) >= 11 is 0. The monoisotopic (exact) mass is 473 g/mol. The number of carbonyl (C=O) groups is 2. The van der Waals surface area contributed by atoms with Gasteiger partial charge in [-0.05, 0) is 37.1 Å². The lowest BCUT2D eigenvalue weighted by Gasteiger charge is -2.28. The van der Waals surface area contributed by atoms with E-state index >= 15 is 0 Å². The lowest BCUT2D eigenvalue weighted by molar-refractivity contribution is -0.119. The van der Waals surface area contributed by atoms with Crippen molar-refractivity contribution in [1.82, 2.24) is 9.55 Å². The Kier molecular flexibility index (Phi) is 7.43. The van der Waals surface area contributed by atoms with Crippen LogP contribution < -0.4 is 10.2 Å². The number of benzene rings is 1. The number of carbonyl (C=O) groups excluding carboxylic acids is 2. The van der Waals surface area contributed by atoms with Gasteiger partial charge in [-0.1, -0.05) is 30.3 Å². The molecular formula is C26H27N5O4. The van der Waals surface area contributed by atoms with E-state index in [1.54, 1.807) is 18.3 Å². The highest BCUT2D eigenvalue weighted by Crippen LogP contribution is 2.27. The Hall–Kier alpha value is -4.16. The minimum atomic E-state index is -0.637. The van der Waals surface area contributed by atoms with Crippen LogP contribution in [-0.2, 0) is 20.8 Å². The molecule has 1 aliphatic rings. The Morgan fingerprint density at radius 1 is 1.14 bits per heavy atom. The zero-order valence-corrected chi connectivity index (χ0v) is 19.8. The van der Waals surface area contributed by atoms with E-state index in [9.17, 15) is 14.9 Å². The first-order valence-electron chi connectivity index (χ1n) is 11.4. The molecule has 1 aliphatic heterocycles. The van der Waals surface area contributed by atoms with Gasteiger partial charge in [0.1, 0.15) is 23.3 Å². The van der Waals surface area contributed by atoms with Crippen LogP contribution in [0.3, 0.4) is 0 Å². The summed E-state index contributed by atoms with van der Waals surface area (Å²) in [6, 6.07) is 15.2. The maximum absolute atomic E-state index is 12.8. The molecule has 9 heteroatoms. The second kappa shape index (κ2) is 10.8. The molecule has 0 unspecified atom stereocenters. The summed E-state index contributed by atoms with van der Waals surface area (Å²) in [7, 11) is 0. The van der Waals surface area contributed by atoms with Crippen LogP contribution in [0.15, 0.2) is 48.7 Å². The highest BCUT2D eigenvalue weighted by atomic mass is 16.5. The SMILES string of the molecule is Cc1c(C#N)c(NC(=O)COC(=O)c2cccnc2N2CCOCC2)n(Cc2ccccc2)c1C. The minimum Gasteiger partial charge on any atom is -0.452 e. The molecule has 35 heavy (non-hydrogen) atoms. The van der Waals surface area contributed by atoms with E-state index in [1.165, 1.54) is 0 Å². The van der Waals surface area contributed by atoms with Crippen LogP contribution in [0, 0.1) is 25.2 Å². The Balaban J connectivity index is 1.47. The Morgan fingerprint density at radius 3 is 2.60 bits per heavy atom. The third-order valence-electron chi connectivity index (χ3n) is 6.03. The lowest BCUT2D eigenvalue weighted by atomic mass is 10.2. The normalized spacial score (nSPS) is 13.2. The van der Waals surface area contributed by atoms with E-state index in [0.717, 1.165) is 16.8 Å². The molecule has 0 saturated carbocycles. The molecule has 1 fully saturated rings. The number of hydrogen-bond acceptors (Lipinski definition) is 7. The third-order valence-corrected chi connectivity index (χ3v) is 6.03. The van der Waals surface area contributed by atoms with Gasteiger partial charge in [-0.2, -0.15) is 5.26 Å². The number of pyridine rings is 1. The van der Waals surface area contributed by atoms with E-state index in [0.29, 0.717) is 55.6 Å². The standard InChI is InChI=1S/C26H27N5O4/c1-18-19(2)31(16-20-7-4-3-5-8-20)25(22(18)15-27)29-23(32)17-35-26(33)21-9-6-10-28-24(21)30-11-13-34-14-12-30/h3-10H,11-14,16-17H2,1-2H3,(H,29,32). The summed E-state index contributed by atoms with van der Waals surface area (Å²) < 4.78 is 12.6. The molecule has 3 aromatic rings. The molecule has 180 valence electrons. The van der Waals surface area contributed by atoms with Crippen LogP contribution >= 0.6 is 0 Å². The number of anilines is 2. The van der Waals surface area contributed by atoms with Gasteiger partial charge in [-0.25, -0.2) is 9.78 Å². The van der Waals surface area contributed by atoms with Crippen LogP contribution in [0.5, 0.6) is 0 Å². The van der Waals surface area contributed by atoms with Gasteiger partial charge in [0.15, 0.2) is 6.61 Å². The average molecular weight is 474 g/mol. The molecule has 3 heterocycles. The first kappa shape index (κ1) is 24.0. The van der Waals surface area contributed by atoms with Crippen molar-refractivity contribution in [1.29, 1.82) is 5.26 Å². The number of nitriles is 1. The molecule has 1 N–H and O–H groups in total. The van der Waals surface area contributed by atoms with Crippen molar-refractivity contribution in [2.24, 2.45) is 0 Å². The fourth-order valence-corrected chi connectivity index (χ4v) is 4.05. The van der Waals surface area contributed by atoms with Crippen molar-refractivity contribution in [3.63, 3.8) is 0 Å². The van der Waals surface area contributed by atoms with Gasteiger partial charge in [-0.3, -0.25) is 4.79 Å². The van der Waals surface area contributed by atoms with Gasteiger partial charge in [-0.15, -0.1) is 0 Å². The van der Waals surface area contributed by atoms with Crippen LogP contribution in [-0.4, -0.2) is 54.3 Å². The van der Waals surface area contributed by atoms with E-state index in [1.807, 2.05) is 53.6 Å². The predicted octanol–water partition coefficient (Wildman–Crippen LogP) is 3.05. The molecule has 0 spiro atoms. The van der Waals surface area contributed by atoms with Crippen molar-refractivity contribution >= 4 is 23.5 Å². The van der Waals surface area contributed by atoms with Gasteiger partial charge in [0.2, 0.25) is 0 Å². The topological polar surface area (TPSA) is 109 Å². The third kappa shape index (κ3) is 5.34. The number of aromatic nitrogens is 2. The zero-order chi connectivity index (χ0) is 24.8.